The lowest BCUT2D eigenvalue weighted by molar-refractivity contribution is -0.123. The Morgan fingerprint density at radius 2 is 1.86 bits per heavy atom. The molecule has 0 spiro atoms. The van der Waals surface area contributed by atoms with E-state index in [1.165, 1.54) is 0 Å². The first-order valence-corrected chi connectivity index (χ1v) is 10.3. The van der Waals surface area contributed by atoms with Crippen molar-refractivity contribution in [1.82, 2.24) is 9.80 Å². The SMILES string of the molecule is CC(C)COC(=O)N1CCCN(C(C)C(=O)N(CCC#N)c2ccccc2)CC1. The summed E-state index contributed by atoms with van der Waals surface area (Å²) in [5, 5.41) is 8.98. The number of carbonyl (C=O) groups is 2. The molecule has 0 aromatic heterocycles. The molecule has 29 heavy (non-hydrogen) atoms. The minimum Gasteiger partial charge on any atom is -0.449 e. The molecule has 2 rings (SSSR count). The van der Waals surface area contributed by atoms with Gasteiger partial charge in [-0.3, -0.25) is 9.69 Å². The van der Waals surface area contributed by atoms with Gasteiger partial charge < -0.3 is 14.5 Å². The van der Waals surface area contributed by atoms with E-state index in [1.807, 2.05) is 51.1 Å². The second kappa shape index (κ2) is 11.4. The van der Waals surface area contributed by atoms with E-state index in [2.05, 4.69) is 11.0 Å². The van der Waals surface area contributed by atoms with Gasteiger partial charge in [0.05, 0.1) is 25.1 Å². The van der Waals surface area contributed by atoms with E-state index in [9.17, 15) is 9.59 Å². The van der Waals surface area contributed by atoms with Gasteiger partial charge in [-0.1, -0.05) is 32.0 Å². The molecule has 1 aromatic carbocycles. The third-order valence-corrected chi connectivity index (χ3v) is 5.02. The molecule has 2 amide bonds. The number of anilines is 1. The van der Waals surface area contributed by atoms with Crippen LogP contribution < -0.4 is 4.90 Å². The Balaban J connectivity index is 2.00. The molecule has 1 aliphatic heterocycles. The van der Waals surface area contributed by atoms with Crippen LogP contribution in [0.15, 0.2) is 30.3 Å². The van der Waals surface area contributed by atoms with Gasteiger partial charge in [-0.2, -0.15) is 5.26 Å². The number of para-hydroxylation sites is 1. The van der Waals surface area contributed by atoms with Crippen LogP contribution >= 0.6 is 0 Å². The molecule has 1 aromatic rings. The standard InChI is InChI=1S/C22H32N4O3/c1-18(2)17-29-22(28)25-13-8-12-24(15-16-25)19(3)21(27)26(14-7-11-23)20-9-5-4-6-10-20/h4-6,9-10,18-19H,7-8,12-17H2,1-3H3. The van der Waals surface area contributed by atoms with Gasteiger partial charge in [-0.25, -0.2) is 4.79 Å². The highest BCUT2D eigenvalue weighted by atomic mass is 16.6. The molecule has 0 N–H and O–H groups in total. The van der Waals surface area contributed by atoms with Crippen LogP contribution in [0, 0.1) is 17.2 Å². The van der Waals surface area contributed by atoms with Crippen molar-refractivity contribution in [2.75, 3.05) is 44.2 Å². The summed E-state index contributed by atoms with van der Waals surface area (Å²) in [6.07, 6.45) is 0.792. The van der Waals surface area contributed by atoms with Crippen LogP contribution in [-0.2, 0) is 9.53 Å². The van der Waals surface area contributed by atoms with Crippen molar-refractivity contribution in [3.05, 3.63) is 30.3 Å². The monoisotopic (exact) mass is 400 g/mol. The zero-order valence-corrected chi connectivity index (χ0v) is 17.7. The zero-order chi connectivity index (χ0) is 21.2. The topological polar surface area (TPSA) is 76.9 Å². The quantitative estimate of drug-likeness (QED) is 0.703. The third-order valence-electron chi connectivity index (χ3n) is 5.02. The van der Waals surface area contributed by atoms with Crippen molar-refractivity contribution in [2.24, 2.45) is 5.92 Å². The molecule has 1 heterocycles. The number of carbonyl (C=O) groups excluding carboxylic acids is 2. The summed E-state index contributed by atoms with van der Waals surface area (Å²) < 4.78 is 5.34. The number of nitrogens with zero attached hydrogens (tertiary/aromatic N) is 4. The summed E-state index contributed by atoms with van der Waals surface area (Å²) in [4.78, 5) is 31.0. The van der Waals surface area contributed by atoms with Crippen molar-refractivity contribution in [1.29, 1.82) is 5.26 Å². The van der Waals surface area contributed by atoms with E-state index < -0.39 is 0 Å². The summed E-state index contributed by atoms with van der Waals surface area (Å²) in [5.41, 5.74) is 0.799. The molecule has 0 radical (unpaired) electrons. The molecular formula is C22H32N4O3. The fraction of sp³-hybridized carbons (Fsp3) is 0.591. The number of benzene rings is 1. The van der Waals surface area contributed by atoms with Gasteiger partial charge >= 0.3 is 6.09 Å². The summed E-state index contributed by atoms with van der Waals surface area (Å²) in [5.74, 6) is 0.278. The van der Waals surface area contributed by atoms with Crippen LogP contribution in [-0.4, -0.2) is 67.2 Å². The summed E-state index contributed by atoms with van der Waals surface area (Å²) in [7, 11) is 0. The first-order chi connectivity index (χ1) is 13.9. The highest BCUT2D eigenvalue weighted by Crippen LogP contribution is 2.18. The Kier molecular flexibility index (Phi) is 8.94. The van der Waals surface area contributed by atoms with Gasteiger partial charge in [0, 0.05) is 38.4 Å². The lowest BCUT2D eigenvalue weighted by atomic mass is 10.2. The molecule has 158 valence electrons. The smallest absolute Gasteiger partial charge is 0.409 e. The maximum atomic E-state index is 13.2. The first kappa shape index (κ1) is 22.7. The fourth-order valence-corrected chi connectivity index (χ4v) is 3.35. The molecule has 7 nitrogen and oxygen atoms in total. The van der Waals surface area contributed by atoms with E-state index in [1.54, 1.807) is 9.80 Å². The van der Waals surface area contributed by atoms with Gasteiger partial charge in [0.15, 0.2) is 0 Å². The molecule has 1 unspecified atom stereocenters. The summed E-state index contributed by atoms with van der Waals surface area (Å²) in [6.45, 7) is 9.22. The Labute approximate surface area is 173 Å². The lowest BCUT2D eigenvalue weighted by Gasteiger charge is -2.32. The molecule has 1 fully saturated rings. The molecule has 0 aliphatic carbocycles. The van der Waals surface area contributed by atoms with Crippen molar-refractivity contribution in [2.45, 2.75) is 39.7 Å². The van der Waals surface area contributed by atoms with Crippen molar-refractivity contribution in [3.8, 4) is 6.07 Å². The Morgan fingerprint density at radius 3 is 2.52 bits per heavy atom. The maximum absolute atomic E-state index is 13.2. The average molecular weight is 401 g/mol. The van der Waals surface area contributed by atoms with Crippen molar-refractivity contribution < 1.29 is 14.3 Å². The van der Waals surface area contributed by atoms with Crippen LogP contribution in [0.4, 0.5) is 10.5 Å². The lowest BCUT2D eigenvalue weighted by Crippen LogP contribution is -2.49. The molecule has 1 atom stereocenters. The normalized spacial score (nSPS) is 16.0. The fourth-order valence-electron chi connectivity index (χ4n) is 3.35. The second-order valence-corrected chi connectivity index (χ2v) is 7.76. The minimum absolute atomic E-state index is 0.0257. The Morgan fingerprint density at radius 1 is 1.14 bits per heavy atom. The molecule has 0 saturated carbocycles. The van der Waals surface area contributed by atoms with E-state index >= 15 is 0 Å². The molecule has 1 saturated heterocycles. The van der Waals surface area contributed by atoms with Crippen molar-refractivity contribution >= 4 is 17.7 Å². The van der Waals surface area contributed by atoms with Gasteiger partial charge in [-0.15, -0.1) is 0 Å². The second-order valence-electron chi connectivity index (χ2n) is 7.76. The van der Waals surface area contributed by atoms with Crippen LogP contribution in [0.2, 0.25) is 0 Å². The Hall–Kier alpha value is -2.59. The van der Waals surface area contributed by atoms with Crippen LogP contribution in [0.1, 0.15) is 33.6 Å². The average Bonchev–Trinajstić information content (AvgIpc) is 2.98. The molecule has 0 bridgehead atoms. The summed E-state index contributed by atoms with van der Waals surface area (Å²) in [6, 6.07) is 11.2. The zero-order valence-electron chi connectivity index (χ0n) is 17.7. The van der Waals surface area contributed by atoms with Crippen LogP contribution in [0.3, 0.4) is 0 Å². The van der Waals surface area contributed by atoms with Crippen LogP contribution in [0.25, 0.3) is 0 Å². The van der Waals surface area contributed by atoms with Gasteiger partial charge in [0.1, 0.15) is 0 Å². The van der Waals surface area contributed by atoms with E-state index in [0.29, 0.717) is 38.7 Å². The van der Waals surface area contributed by atoms with Crippen molar-refractivity contribution in [3.63, 3.8) is 0 Å². The largest absolute Gasteiger partial charge is 0.449 e. The number of nitriles is 1. The number of rotatable bonds is 7. The maximum Gasteiger partial charge on any atom is 0.409 e. The number of hydrogen-bond donors (Lipinski definition) is 0. The number of hydrogen-bond acceptors (Lipinski definition) is 5. The minimum atomic E-state index is -0.333. The summed E-state index contributed by atoms with van der Waals surface area (Å²) >= 11 is 0. The van der Waals surface area contributed by atoms with E-state index in [4.69, 9.17) is 10.00 Å². The third kappa shape index (κ3) is 6.75. The van der Waals surface area contributed by atoms with Gasteiger partial charge in [0.25, 0.3) is 0 Å². The number of amides is 2. The number of ether oxygens (including phenoxy) is 1. The van der Waals surface area contributed by atoms with Crippen LogP contribution in [0.5, 0.6) is 0 Å². The first-order valence-electron chi connectivity index (χ1n) is 10.3. The highest BCUT2D eigenvalue weighted by molar-refractivity contribution is 5.97. The molecule has 1 aliphatic rings. The molecular weight excluding hydrogens is 368 g/mol. The molecule has 7 heteroatoms. The predicted octanol–water partition coefficient (Wildman–Crippen LogP) is 3.12. The van der Waals surface area contributed by atoms with Gasteiger partial charge in [0.2, 0.25) is 5.91 Å². The Bertz CT molecular complexity index is 702. The van der Waals surface area contributed by atoms with Gasteiger partial charge in [-0.05, 0) is 31.4 Å². The predicted molar refractivity (Wildman–Crippen MR) is 112 cm³/mol. The van der Waals surface area contributed by atoms with E-state index in [0.717, 1.165) is 18.7 Å². The van der Waals surface area contributed by atoms with E-state index in [-0.39, 0.29) is 24.5 Å². The highest BCUT2D eigenvalue weighted by Gasteiger charge is 2.29.